The van der Waals surface area contributed by atoms with Crippen molar-refractivity contribution in [1.29, 1.82) is 0 Å². The lowest BCUT2D eigenvalue weighted by molar-refractivity contribution is 0.0698. The highest BCUT2D eigenvalue weighted by molar-refractivity contribution is 5.95. The average molecular weight is 203 g/mol. The van der Waals surface area contributed by atoms with E-state index < -0.39 is 5.97 Å². The van der Waals surface area contributed by atoms with Gasteiger partial charge in [0.2, 0.25) is 0 Å². The molecule has 78 valence electrons. The molecule has 15 heavy (non-hydrogen) atoms. The Bertz CT molecular complexity index is 427. The molecule has 3 nitrogen and oxygen atoms in total. The minimum absolute atomic E-state index is 0.285. The number of para-hydroxylation sites is 1. The van der Waals surface area contributed by atoms with Crippen LogP contribution in [0.2, 0.25) is 0 Å². The number of carboxylic acids is 1. The van der Waals surface area contributed by atoms with E-state index >= 15 is 0 Å². The summed E-state index contributed by atoms with van der Waals surface area (Å²) in [7, 11) is 0. The molecule has 0 spiro atoms. The lowest BCUT2D eigenvalue weighted by atomic mass is 10.1. The van der Waals surface area contributed by atoms with Crippen LogP contribution in [0, 0.1) is 18.8 Å². The van der Waals surface area contributed by atoms with Crippen molar-refractivity contribution in [1.82, 2.24) is 0 Å². The molecule has 0 saturated heterocycles. The number of rotatable bonds is 3. The summed E-state index contributed by atoms with van der Waals surface area (Å²) in [6.07, 6.45) is 0. The summed E-state index contributed by atoms with van der Waals surface area (Å²) in [5.74, 6) is 4.66. The molecule has 0 aromatic heterocycles. The molecule has 0 amide bonds. The second kappa shape index (κ2) is 5.06. The Hall–Kier alpha value is -1.95. The third kappa shape index (κ3) is 2.75. The van der Waals surface area contributed by atoms with Crippen LogP contribution >= 0.6 is 0 Å². The number of aryl methyl sites for hydroxylation is 1. The molecule has 2 N–H and O–H groups in total. The van der Waals surface area contributed by atoms with Crippen molar-refractivity contribution < 1.29 is 9.90 Å². The lowest BCUT2D eigenvalue weighted by Gasteiger charge is -2.09. The van der Waals surface area contributed by atoms with Gasteiger partial charge < -0.3 is 10.4 Å². The van der Waals surface area contributed by atoms with Crippen molar-refractivity contribution in [3.8, 4) is 11.8 Å². The highest BCUT2D eigenvalue weighted by Gasteiger charge is 2.10. The van der Waals surface area contributed by atoms with Gasteiger partial charge in [0.15, 0.2) is 0 Å². The van der Waals surface area contributed by atoms with Crippen LogP contribution in [0.25, 0.3) is 0 Å². The topological polar surface area (TPSA) is 49.3 Å². The van der Waals surface area contributed by atoms with Gasteiger partial charge in [-0.2, -0.15) is 0 Å². The lowest BCUT2D eigenvalue weighted by Crippen LogP contribution is -2.08. The normalized spacial score (nSPS) is 8.93. The van der Waals surface area contributed by atoms with Gasteiger partial charge in [-0.3, -0.25) is 0 Å². The summed E-state index contributed by atoms with van der Waals surface area (Å²) in [5, 5.41) is 12.0. The molecule has 1 aromatic carbocycles. The van der Waals surface area contributed by atoms with Gasteiger partial charge >= 0.3 is 5.97 Å². The first-order valence-corrected chi connectivity index (χ1v) is 4.63. The van der Waals surface area contributed by atoms with Crippen LogP contribution in [0.1, 0.15) is 22.8 Å². The Kier molecular flexibility index (Phi) is 3.75. The van der Waals surface area contributed by atoms with Gasteiger partial charge in [0.25, 0.3) is 0 Å². The summed E-state index contributed by atoms with van der Waals surface area (Å²) in [4.78, 5) is 10.9. The number of benzene rings is 1. The zero-order valence-electron chi connectivity index (χ0n) is 8.79. The van der Waals surface area contributed by atoms with Crippen LogP contribution < -0.4 is 5.32 Å². The Morgan fingerprint density at radius 2 is 2.27 bits per heavy atom. The van der Waals surface area contributed by atoms with Crippen molar-refractivity contribution >= 4 is 11.7 Å². The van der Waals surface area contributed by atoms with Gasteiger partial charge in [0.05, 0.1) is 17.8 Å². The quantitative estimate of drug-likeness (QED) is 0.740. The van der Waals surface area contributed by atoms with Gasteiger partial charge in [0.1, 0.15) is 0 Å². The van der Waals surface area contributed by atoms with Crippen LogP contribution in [-0.4, -0.2) is 17.6 Å². The monoisotopic (exact) mass is 203 g/mol. The maximum absolute atomic E-state index is 10.9. The molecule has 0 fully saturated rings. The molecule has 0 saturated carbocycles. The first-order valence-electron chi connectivity index (χ1n) is 4.63. The van der Waals surface area contributed by atoms with Gasteiger partial charge in [0, 0.05) is 0 Å². The Labute approximate surface area is 89.1 Å². The number of anilines is 1. The molecule has 0 aliphatic carbocycles. The molecule has 1 aromatic rings. The molecular formula is C12H13NO2. The number of nitrogens with one attached hydrogen (secondary N) is 1. The third-order valence-corrected chi connectivity index (χ3v) is 2.03. The summed E-state index contributed by atoms with van der Waals surface area (Å²) in [5.41, 5.74) is 1.84. The van der Waals surface area contributed by atoms with Crippen molar-refractivity contribution in [2.45, 2.75) is 13.8 Å². The number of carboxylic acid groups (broad SMARTS) is 1. The molecule has 0 atom stereocenters. The highest BCUT2D eigenvalue weighted by Crippen LogP contribution is 2.19. The first kappa shape index (κ1) is 11.1. The van der Waals surface area contributed by atoms with E-state index in [-0.39, 0.29) is 5.56 Å². The Morgan fingerprint density at radius 1 is 1.53 bits per heavy atom. The number of hydrogen-bond acceptors (Lipinski definition) is 2. The van der Waals surface area contributed by atoms with Gasteiger partial charge in [-0.25, -0.2) is 4.79 Å². The minimum atomic E-state index is -0.925. The molecule has 0 heterocycles. The van der Waals surface area contributed by atoms with Crippen LogP contribution in [0.5, 0.6) is 0 Å². The van der Waals surface area contributed by atoms with E-state index in [0.717, 1.165) is 5.56 Å². The standard InChI is InChI=1S/C12H13NO2/c1-3-4-8-13-11-9(2)6-5-7-10(11)12(14)15/h5-7,13H,8H2,1-2H3,(H,14,15). The minimum Gasteiger partial charge on any atom is -0.478 e. The fourth-order valence-electron chi connectivity index (χ4n) is 1.30. The second-order valence-corrected chi connectivity index (χ2v) is 3.08. The number of hydrogen-bond donors (Lipinski definition) is 2. The first-order chi connectivity index (χ1) is 7.16. The molecule has 0 unspecified atom stereocenters. The van der Waals surface area contributed by atoms with E-state index in [1.54, 1.807) is 19.1 Å². The smallest absolute Gasteiger partial charge is 0.337 e. The average Bonchev–Trinajstić information content (AvgIpc) is 2.20. The maximum atomic E-state index is 10.9. The van der Waals surface area contributed by atoms with E-state index in [0.29, 0.717) is 12.2 Å². The number of carbonyl (C=O) groups is 1. The third-order valence-electron chi connectivity index (χ3n) is 2.03. The molecule has 0 aliphatic heterocycles. The van der Waals surface area contributed by atoms with E-state index in [9.17, 15) is 4.79 Å². The molecule has 0 radical (unpaired) electrons. The van der Waals surface area contributed by atoms with Crippen LogP contribution in [0.3, 0.4) is 0 Å². The Morgan fingerprint density at radius 3 is 2.87 bits per heavy atom. The second-order valence-electron chi connectivity index (χ2n) is 3.08. The van der Waals surface area contributed by atoms with Gasteiger partial charge in [-0.1, -0.05) is 18.1 Å². The zero-order valence-corrected chi connectivity index (χ0v) is 8.79. The van der Waals surface area contributed by atoms with Crippen LogP contribution in [0.15, 0.2) is 18.2 Å². The molecule has 1 rings (SSSR count). The van der Waals surface area contributed by atoms with Gasteiger partial charge in [-0.05, 0) is 25.5 Å². The maximum Gasteiger partial charge on any atom is 0.337 e. The fraction of sp³-hybridized carbons (Fsp3) is 0.250. The SMILES string of the molecule is CC#CCNc1c(C)cccc1C(=O)O. The molecular weight excluding hydrogens is 190 g/mol. The summed E-state index contributed by atoms with van der Waals surface area (Å²) >= 11 is 0. The Balaban J connectivity index is 3.00. The van der Waals surface area contributed by atoms with Crippen molar-refractivity contribution in [3.63, 3.8) is 0 Å². The van der Waals surface area contributed by atoms with Gasteiger partial charge in [-0.15, -0.1) is 5.92 Å². The number of aromatic carboxylic acids is 1. The summed E-state index contributed by atoms with van der Waals surface area (Å²) < 4.78 is 0. The van der Waals surface area contributed by atoms with E-state index in [1.807, 2.05) is 13.0 Å². The highest BCUT2D eigenvalue weighted by atomic mass is 16.4. The van der Waals surface area contributed by atoms with Crippen molar-refractivity contribution in [2.75, 3.05) is 11.9 Å². The predicted octanol–water partition coefficient (Wildman–Crippen LogP) is 2.13. The fourth-order valence-corrected chi connectivity index (χ4v) is 1.30. The molecule has 3 heteroatoms. The summed E-state index contributed by atoms with van der Waals surface area (Å²) in [6, 6.07) is 5.18. The largest absolute Gasteiger partial charge is 0.478 e. The predicted molar refractivity (Wildman–Crippen MR) is 60.1 cm³/mol. The van der Waals surface area contributed by atoms with Crippen LogP contribution in [-0.2, 0) is 0 Å². The van der Waals surface area contributed by atoms with Crippen molar-refractivity contribution in [3.05, 3.63) is 29.3 Å². The van der Waals surface area contributed by atoms with Crippen LogP contribution in [0.4, 0.5) is 5.69 Å². The van der Waals surface area contributed by atoms with E-state index in [1.165, 1.54) is 0 Å². The molecule has 0 aliphatic rings. The van der Waals surface area contributed by atoms with Crippen molar-refractivity contribution in [2.24, 2.45) is 0 Å². The molecule has 0 bridgehead atoms. The summed E-state index contributed by atoms with van der Waals surface area (Å²) in [6.45, 7) is 4.08. The van der Waals surface area contributed by atoms with E-state index in [2.05, 4.69) is 17.2 Å². The zero-order chi connectivity index (χ0) is 11.3. The van der Waals surface area contributed by atoms with E-state index in [4.69, 9.17) is 5.11 Å².